The monoisotopic (exact) mass is 465 g/mol. The predicted molar refractivity (Wildman–Crippen MR) is 120 cm³/mol. The summed E-state index contributed by atoms with van der Waals surface area (Å²) in [6, 6.07) is 3.40. The molecule has 1 unspecified atom stereocenters. The number of piperidine rings is 1. The van der Waals surface area contributed by atoms with Crippen molar-refractivity contribution >= 4 is 17.9 Å². The molecule has 3 atom stereocenters. The van der Waals surface area contributed by atoms with E-state index < -0.39 is 17.7 Å². The maximum atomic E-state index is 13.3. The van der Waals surface area contributed by atoms with Gasteiger partial charge in [-0.25, -0.2) is 8.78 Å². The van der Waals surface area contributed by atoms with E-state index in [-0.39, 0.29) is 30.9 Å². The van der Waals surface area contributed by atoms with Crippen LogP contribution in [0.1, 0.15) is 31.7 Å². The molecule has 0 spiro atoms. The van der Waals surface area contributed by atoms with E-state index in [2.05, 4.69) is 11.8 Å². The summed E-state index contributed by atoms with van der Waals surface area (Å²) in [5.74, 6) is -1.91. The molecule has 2 heterocycles. The first-order chi connectivity index (χ1) is 15.7. The molecular weight excluding hydrogens is 432 g/mol. The summed E-state index contributed by atoms with van der Waals surface area (Å²) < 4.78 is 26.3. The van der Waals surface area contributed by atoms with Gasteiger partial charge in [0, 0.05) is 58.3 Å². The molecule has 2 aliphatic heterocycles. The van der Waals surface area contributed by atoms with E-state index in [0.717, 1.165) is 25.1 Å². The Bertz CT molecular complexity index is 856. The highest BCUT2D eigenvalue weighted by Gasteiger charge is 2.26. The highest BCUT2D eigenvalue weighted by molar-refractivity contribution is 5.92. The Morgan fingerprint density at radius 1 is 1.21 bits per heavy atom. The van der Waals surface area contributed by atoms with E-state index in [1.807, 2.05) is 0 Å². The molecule has 0 saturated carbocycles. The molecule has 9 heteroatoms. The van der Waals surface area contributed by atoms with Crippen LogP contribution in [0, 0.1) is 17.6 Å². The van der Waals surface area contributed by atoms with Gasteiger partial charge in [0.25, 0.3) is 0 Å². The molecule has 33 heavy (non-hydrogen) atoms. The molecule has 7 nitrogen and oxygen atoms in total. The molecule has 2 N–H and O–H groups in total. The van der Waals surface area contributed by atoms with E-state index in [1.54, 1.807) is 9.80 Å². The average Bonchev–Trinajstić information content (AvgIpc) is 2.93. The summed E-state index contributed by atoms with van der Waals surface area (Å²) in [4.78, 5) is 30.3. The van der Waals surface area contributed by atoms with Crippen LogP contribution in [0.5, 0.6) is 0 Å². The van der Waals surface area contributed by atoms with Crippen LogP contribution in [-0.4, -0.2) is 94.7 Å². The molecular formula is C24H33F2N3O4. The van der Waals surface area contributed by atoms with Gasteiger partial charge in [0.05, 0.1) is 12.2 Å². The Hall–Kier alpha value is -2.36. The van der Waals surface area contributed by atoms with Crippen molar-refractivity contribution in [2.24, 2.45) is 5.92 Å². The van der Waals surface area contributed by atoms with Gasteiger partial charge in [0.15, 0.2) is 11.6 Å². The number of carbonyl (C=O) groups is 2. The van der Waals surface area contributed by atoms with Gasteiger partial charge in [-0.1, -0.05) is 13.0 Å². The highest BCUT2D eigenvalue weighted by atomic mass is 19.2. The lowest BCUT2D eigenvalue weighted by atomic mass is 9.97. The summed E-state index contributed by atoms with van der Waals surface area (Å²) >= 11 is 0. The molecule has 2 saturated heterocycles. The fourth-order valence-corrected chi connectivity index (χ4v) is 4.48. The Labute approximate surface area is 193 Å². The van der Waals surface area contributed by atoms with Gasteiger partial charge in [-0.05, 0) is 42.5 Å². The minimum atomic E-state index is -0.978. The lowest BCUT2D eigenvalue weighted by molar-refractivity contribution is -0.130. The zero-order valence-corrected chi connectivity index (χ0v) is 19.0. The van der Waals surface area contributed by atoms with Gasteiger partial charge < -0.3 is 20.0 Å². The highest BCUT2D eigenvalue weighted by Crippen LogP contribution is 2.17. The molecule has 2 fully saturated rings. The number of benzene rings is 1. The van der Waals surface area contributed by atoms with Crippen molar-refractivity contribution in [3.8, 4) is 0 Å². The third kappa shape index (κ3) is 7.58. The standard InChI is InChI=1S/C24H33F2N3O4/c1-17-12-20(31)16-27(14-17)15-19(30)6-8-28-10-11-29(9-7-24(28)33)23(32)5-3-18-2-4-21(25)22(26)13-18/h2-5,13,17,19-20,30-31H,6-12,14-16H2,1H3/b5-3+/t17-,19?,20+/m1/s1. The lowest BCUT2D eigenvalue weighted by Gasteiger charge is -2.35. The number of nitrogens with zero attached hydrogens (tertiary/aromatic N) is 3. The zero-order chi connectivity index (χ0) is 24.0. The number of carbonyl (C=O) groups excluding carboxylic acids is 2. The first kappa shape index (κ1) is 25.3. The number of amides is 2. The van der Waals surface area contributed by atoms with E-state index in [9.17, 15) is 28.6 Å². The molecule has 182 valence electrons. The summed E-state index contributed by atoms with van der Waals surface area (Å²) in [6.07, 6.45) is 3.14. The number of hydrogen-bond donors (Lipinski definition) is 2. The summed E-state index contributed by atoms with van der Waals surface area (Å²) in [6.45, 7) is 5.35. The van der Waals surface area contributed by atoms with Crippen LogP contribution in [0.25, 0.3) is 6.08 Å². The van der Waals surface area contributed by atoms with Crippen LogP contribution in [0.15, 0.2) is 24.3 Å². The van der Waals surface area contributed by atoms with Crippen molar-refractivity contribution in [3.63, 3.8) is 0 Å². The summed E-state index contributed by atoms with van der Waals surface area (Å²) in [5.41, 5.74) is 0.374. The van der Waals surface area contributed by atoms with Gasteiger partial charge in [-0.2, -0.15) is 0 Å². The number of hydrogen-bond acceptors (Lipinski definition) is 5. The van der Waals surface area contributed by atoms with Gasteiger partial charge in [0.1, 0.15) is 0 Å². The summed E-state index contributed by atoms with van der Waals surface area (Å²) in [7, 11) is 0. The zero-order valence-electron chi connectivity index (χ0n) is 19.0. The Morgan fingerprint density at radius 3 is 2.73 bits per heavy atom. The van der Waals surface area contributed by atoms with Crippen molar-refractivity contribution in [2.45, 2.75) is 38.4 Å². The van der Waals surface area contributed by atoms with E-state index in [4.69, 9.17) is 0 Å². The second kappa shape index (κ2) is 11.7. The smallest absolute Gasteiger partial charge is 0.246 e. The quantitative estimate of drug-likeness (QED) is 0.597. The van der Waals surface area contributed by atoms with Crippen LogP contribution in [-0.2, 0) is 9.59 Å². The van der Waals surface area contributed by atoms with Crippen LogP contribution in [0.4, 0.5) is 8.78 Å². The van der Waals surface area contributed by atoms with E-state index >= 15 is 0 Å². The van der Waals surface area contributed by atoms with Crippen LogP contribution in [0.3, 0.4) is 0 Å². The molecule has 0 radical (unpaired) electrons. The van der Waals surface area contributed by atoms with Crippen LogP contribution >= 0.6 is 0 Å². The number of aliphatic hydroxyl groups is 2. The number of likely N-dealkylation sites (tertiary alicyclic amines) is 1. The van der Waals surface area contributed by atoms with E-state index in [1.165, 1.54) is 18.2 Å². The van der Waals surface area contributed by atoms with Crippen molar-refractivity contribution in [1.82, 2.24) is 14.7 Å². The minimum Gasteiger partial charge on any atom is -0.392 e. The topological polar surface area (TPSA) is 84.3 Å². The normalized spacial score (nSPS) is 23.7. The Balaban J connectivity index is 1.46. The van der Waals surface area contributed by atoms with Gasteiger partial charge in [0.2, 0.25) is 11.8 Å². The van der Waals surface area contributed by atoms with Crippen molar-refractivity contribution in [3.05, 3.63) is 41.5 Å². The molecule has 0 bridgehead atoms. The maximum absolute atomic E-state index is 13.3. The van der Waals surface area contributed by atoms with Gasteiger partial charge >= 0.3 is 0 Å². The molecule has 1 aromatic carbocycles. The van der Waals surface area contributed by atoms with Crippen molar-refractivity contribution < 1.29 is 28.6 Å². The number of halogens is 2. The molecule has 0 aliphatic carbocycles. The first-order valence-electron chi connectivity index (χ1n) is 11.5. The first-order valence-corrected chi connectivity index (χ1v) is 11.5. The number of β-amino-alcohol motifs (C(OH)–C–C–N with tert-alkyl or cyclic N) is 2. The molecule has 3 rings (SSSR count). The molecule has 2 aliphatic rings. The Kier molecular flexibility index (Phi) is 8.94. The number of aliphatic hydroxyl groups excluding tert-OH is 2. The van der Waals surface area contributed by atoms with Gasteiger partial charge in [-0.15, -0.1) is 0 Å². The predicted octanol–water partition coefficient (Wildman–Crippen LogP) is 1.49. The van der Waals surface area contributed by atoms with Crippen molar-refractivity contribution in [1.29, 1.82) is 0 Å². The number of rotatable bonds is 7. The molecule has 1 aromatic rings. The Morgan fingerprint density at radius 2 is 2.00 bits per heavy atom. The summed E-state index contributed by atoms with van der Waals surface area (Å²) in [5, 5.41) is 20.3. The maximum Gasteiger partial charge on any atom is 0.246 e. The minimum absolute atomic E-state index is 0.0656. The van der Waals surface area contributed by atoms with Crippen LogP contribution < -0.4 is 0 Å². The second-order valence-corrected chi connectivity index (χ2v) is 9.12. The average molecular weight is 466 g/mol. The fraction of sp³-hybridized carbons (Fsp3) is 0.583. The third-order valence-electron chi connectivity index (χ3n) is 6.18. The van der Waals surface area contributed by atoms with E-state index in [0.29, 0.717) is 50.6 Å². The van der Waals surface area contributed by atoms with Crippen LogP contribution in [0.2, 0.25) is 0 Å². The fourth-order valence-electron chi connectivity index (χ4n) is 4.48. The molecule has 2 amide bonds. The second-order valence-electron chi connectivity index (χ2n) is 9.12. The third-order valence-corrected chi connectivity index (χ3v) is 6.18. The molecule has 0 aromatic heterocycles. The lowest BCUT2D eigenvalue weighted by Crippen LogP contribution is -2.46. The van der Waals surface area contributed by atoms with Gasteiger partial charge in [-0.3, -0.25) is 14.5 Å². The largest absolute Gasteiger partial charge is 0.392 e. The van der Waals surface area contributed by atoms with Crippen molar-refractivity contribution in [2.75, 3.05) is 45.8 Å². The SMILES string of the molecule is C[C@@H]1C[C@H](O)CN(CC(O)CCN2CCN(C(=O)/C=C/c3ccc(F)c(F)c3)CCC2=O)C1.